The molecule has 0 aliphatic heterocycles. The second-order valence-electron chi connectivity index (χ2n) is 5.50. The third-order valence-corrected chi connectivity index (χ3v) is 3.95. The number of nitro benzene ring substituents is 1. The number of methoxy groups -OCH3 is 2. The Kier molecular flexibility index (Phi) is 4.70. The minimum Gasteiger partial charge on any atom is -0.496 e. The Morgan fingerprint density at radius 3 is 2.23 bits per heavy atom. The van der Waals surface area contributed by atoms with E-state index in [2.05, 4.69) is 5.32 Å². The van der Waals surface area contributed by atoms with Gasteiger partial charge in [0.25, 0.3) is 5.91 Å². The molecular weight excluding hydrogens is 336 g/mol. The molecule has 1 amide bonds. The first-order chi connectivity index (χ1) is 12.5. The normalized spacial score (nSPS) is 10.4. The first-order valence-electron chi connectivity index (χ1n) is 7.74. The predicted molar refractivity (Wildman–Crippen MR) is 98.1 cm³/mol. The van der Waals surface area contributed by atoms with Gasteiger partial charge in [-0.2, -0.15) is 0 Å². The maximum atomic E-state index is 12.7. The van der Waals surface area contributed by atoms with E-state index in [1.165, 1.54) is 32.4 Å². The van der Waals surface area contributed by atoms with Gasteiger partial charge in [-0.1, -0.05) is 24.3 Å². The second kappa shape index (κ2) is 7.10. The molecule has 3 aromatic rings. The fourth-order valence-electron chi connectivity index (χ4n) is 2.67. The summed E-state index contributed by atoms with van der Waals surface area (Å²) in [6.45, 7) is 0. The van der Waals surface area contributed by atoms with Crippen LogP contribution in [-0.4, -0.2) is 25.1 Å². The Hall–Kier alpha value is -3.61. The van der Waals surface area contributed by atoms with Crippen molar-refractivity contribution in [3.63, 3.8) is 0 Å². The van der Waals surface area contributed by atoms with Gasteiger partial charge in [0.2, 0.25) is 0 Å². The number of rotatable bonds is 5. The third-order valence-electron chi connectivity index (χ3n) is 3.95. The summed E-state index contributed by atoms with van der Waals surface area (Å²) in [5.74, 6) is 0.118. The summed E-state index contributed by atoms with van der Waals surface area (Å²) >= 11 is 0. The quantitative estimate of drug-likeness (QED) is 0.553. The standard InChI is InChI=1S/C19H16N2O5/c1-25-17-8-7-14(11-16(17)21(23)24)20-19(22)15-9-12-5-3-4-6-13(12)10-18(15)26-2/h3-11H,1-2H3,(H,20,22). The lowest BCUT2D eigenvalue weighted by atomic mass is 10.1. The Morgan fingerprint density at radius 1 is 0.962 bits per heavy atom. The molecule has 7 nitrogen and oxygen atoms in total. The average molecular weight is 352 g/mol. The van der Waals surface area contributed by atoms with Crippen LogP contribution in [0.2, 0.25) is 0 Å². The third kappa shape index (κ3) is 3.27. The lowest BCUT2D eigenvalue weighted by Crippen LogP contribution is -2.13. The molecule has 3 aromatic carbocycles. The zero-order chi connectivity index (χ0) is 18.7. The van der Waals surface area contributed by atoms with Gasteiger partial charge in [0.05, 0.1) is 24.7 Å². The molecule has 0 fully saturated rings. The van der Waals surface area contributed by atoms with Crippen LogP contribution in [0.5, 0.6) is 11.5 Å². The van der Waals surface area contributed by atoms with Crippen LogP contribution in [0, 0.1) is 10.1 Å². The Labute approximate surface area is 149 Å². The van der Waals surface area contributed by atoms with E-state index in [-0.39, 0.29) is 17.1 Å². The first kappa shape index (κ1) is 17.2. The van der Waals surface area contributed by atoms with Gasteiger partial charge in [0.15, 0.2) is 5.75 Å². The fraction of sp³-hybridized carbons (Fsp3) is 0.105. The number of nitrogens with one attached hydrogen (secondary N) is 1. The van der Waals surface area contributed by atoms with Crippen LogP contribution in [0.15, 0.2) is 54.6 Å². The highest BCUT2D eigenvalue weighted by Crippen LogP contribution is 2.31. The molecule has 0 heterocycles. The zero-order valence-electron chi connectivity index (χ0n) is 14.2. The van der Waals surface area contributed by atoms with E-state index in [9.17, 15) is 14.9 Å². The highest BCUT2D eigenvalue weighted by molar-refractivity contribution is 6.08. The molecule has 26 heavy (non-hydrogen) atoms. The summed E-state index contributed by atoms with van der Waals surface area (Å²) in [6.07, 6.45) is 0. The monoisotopic (exact) mass is 352 g/mol. The van der Waals surface area contributed by atoms with Crippen LogP contribution in [0.3, 0.4) is 0 Å². The van der Waals surface area contributed by atoms with E-state index < -0.39 is 10.8 Å². The summed E-state index contributed by atoms with van der Waals surface area (Å²) < 4.78 is 10.3. The van der Waals surface area contributed by atoms with E-state index >= 15 is 0 Å². The number of benzene rings is 3. The molecule has 0 bridgehead atoms. The van der Waals surface area contributed by atoms with Gasteiger partial charge in [-0.25, -0.2) is 0 Å². The fourth-order valence-corrected chi connectivity index (χ4v) is 2.67. The van der Waals surface area contributed by atoms with E-state index in [4.69, 9.17) is 9.47 Å². The number of nitro groups is 1. The number of anilines is 1. The molecule has 0 atom stereocenters. The van der Waals surface area contributed by atoms with Crippen molar-refractivity contribution in [1.82, 2.24) is 0 Å². The molecular formula is C19H16N2O5. The van der Waals surface area contributed by atoms with Gasteiger partial charge in [0.1, 0.15) is 5.75 Å². The number of amides is 1. The first-order valence-corrected chi connectivity index (χ1v) is 7.74. The van der Waals surface area contributed by atoms with Crippen molar-refractivity contribution < 1.29 is 19.2 Å². The summed E-state index contributed by atoms with van der Waals surface area (Å²) in [6, 6.07) is 15.3. The zero-order valence-corrected chi connectivity index (χ0v) is 14.2. The van der Waals surface area contributed by atoms with E-state index in [0.717, 1.165) is 10.8 Å². The van der Waals surface area contributed by atoms with Gasteiger partial charge in [0, 0.05) is 11.8 Å². The van der Waals surface area contributed by atoms with Crippen LogP contribution >= 0.6 is 0 Å². The van der Waals surface area contributed by atoms with Gasteiger partial charge in [-0.15, -0.1) is 0 Å². The van der Waals surface area contributed by atoms with Crippen molar-refractivity contribution in [3.05, 3.63) is 70.3 Å². The minimum atomic E-state index is -0.564. The number of ether oxygens (including phenoxy) is 2. The Balaban J connectivity index is 1.96. The molecule has 0 aliphatic rings. The number of fused-ring (bicyclic) bond motifs is 1. The summed E-state index contributed by atoms with van der Waals surface area (Å²) in [4.78, 5) is 23.2. The van der Waals surface area contributed by atoms with E-state index in [1.54, 1.807) is 12.1 Å². The Morgan fingerprint density at radius 2 is 1.62 bits per heavy atom. The van der Waals surface area contributed by atoms with E-state index in [0.29, 0.717) is 11.3 Å². The van der Waals surface area contributed by atoms with Crippen molar-refractivity contribution in [1.29, 1.82) is 0 Å². The molecule has 0 radical (unpaired) electrons. The molecule has 132 valence electrons. The topological polar surface area (TPSA) is 90.7 Å². The Bertz CT molecular complexity index is 1000. The summed E-state index contributed by atoms with van der Waals surface area (Å²) in [7, 11) is 2.83. The van der Waals surface area contributed by atoms with E-state index in [1.807, 2.05) is 24.3 Å². The summed E-state index contributed by atoms with van der Waals surface area (Å²) in [5, 5.41) is 15.6. The lowest BCUT2D eigenvalue weighted by Gasteiger charge is -2.11. The molecule has 0 saturated carbocycles. The molecule has 0 aromatic heterocycles. The second-order valence-corrected chi connectivity index (χ2v) is 5.50. The highest BCUT2D eigenvalue weighted by atomic mass is 16.6. The average Bonchev–Trinajstić information content (AvgIpc) is 2.66. The van der Waals surface area contributed by atoms with Crippen LogP contribution in [-0.2, 0) is 0 Å². The lowest BCUT2D eigenvalue weighted by molar-refractivity contribution is -0.385. The van der Waals surface area contributed by atoms with Gasteiger partial charge in [-0.05, 0) is 35.0 Å². The molecule has 0 saturated heterocycles. The number of carbonyl (C=O) groups excluding carboxylic acids is 1. The maximum Gasteiger partial charge on any atom is 0.312 e. The van der Waals surface area contributed by atoms with Gasteiger partial charge in [-0.3, -0.25) is 14.9 Å². The summed E-state index contributed by atoms with van der Waals surface area (Å²) in [5.41, 5.74) is 0.401. The van der Waals surface area contributed by atoms with Gasteiger partial charge < -0.3 is 14.8 Å². The van der Waals surface area contributed by atoms with Crippen LogP contribution in [0.1, 0.15) is 10.4 Å². The molecule has 0 unspecified atom stereocenters. The number of carbonyl (C=O) groups is 1. The van der Waals surface area contributed by atoms with Crippen LogP contribution in [0.4, 0.5) is 11.4 Å². The van der Waals surface area contributed by atoms with Crippen LogP contribution in [0.25, 0.3) is 10.8 Å². The highest BCUT2D eigenvalue weighted by Gasteiger charge is 2.18. The van der Waals surface area contributed by atoms with Crippen molar-refractivity contribution in [3.8, 4) is 11.5 Å². The molecule has 1 N–H and O–H groups in total. The molecule has 0 aliphatic carbocycles. The number of hydrogen-bond donors (Lipinski definition) is 1. The van der Waals surface area contributed by atoms with Gasteiger partial charge >= 0.3 is 5.69 Å². The smallest absolute Gasteiger partial charge is 0.312 e. The maximum absolute atomic E-state index is 12.7. The molecule has 7 heteroatoms. The predicted octanol–water partition coefficient (Wildman–Crippen LogP) is 4.02. The minimum absolute atomic E-state index is 0.122. The van der Waals surface area contributed by atoms with Crippen LogP contribution < -0.4 is 14.8 Å². The molecule has 0 spiro atoms. The largest absolute Gasteiger partial charge is 0.496 e. The van der Waals surface area contributed by atoms with Crippen molar-refractivity contribution in [2.45, 2.75) is 0 Å². The molecule has 3 rings (SSSR count). The van der Waals surface area contributed by atoms with Crippen molar-refractivity contribution in [2.24, 2.45) is 0 Å². The van der Waals surface area contributed by atoms with Crippen molar-refractivity contribution in [2.75, 3.05) is 19.5 Å². The van der Waals surface area contributed by atoms with Crippen molar-refractivity contribution >= 4 is 28.1 Å². The number of hydrogen-bond acceptors (Lipinski definition) is 5. The number of nitrogens with zero attached hydrogens (tertiary/aromatic N) is 1. The SMILES string of the molecule is COc1cc2ccccc2cc1C(=O)Nc1ccc(OC)c([N+](=O)[O-])c1.